The predicted octanol–water partition coefficient (Wildman–Crippen LogP) is 2.10. The standard InChI is InChI=1S/C16H16N4O3S/c1-22-13-4-2-11(3-5-13)16-19-15(23-20-16)8-14(21)17-7-6-12-9-24-10-18-12/h2-5,9-10H,6-8H2,1H3,(H,17,21). The summed E-state index contributed by atoms with van der Waals surface area (Å²) in [7, 11) is 1.61. The number of hydrogen-bond donors (Lipinski definition) is 1. The number of carbonyl (C=O) groups excluding carboxylic acids is 1. The number of rotatable bonds is 7. The number of nitrogens with zero attached hydrogens (tertiary/aromatic N) is 3. The lowest BCUT2D eigenvalue weighted by Gasteiger charge is -2.01. The average molecular weight is 344 g/mol. The van der Waals surface area contributed by atoms with Crippen molar-refractivity contribution in [2.24, 2.45) is 0 Å². The van der Waals surface area contributed by atoms with Crippen molar-refractivity contribution in [3.63, 3.8) is 0 Å². The van der Waals surface area contributed by atoms with Gasteiger partial charge in [0.25, 0.3) is 0 Å². The molecule has 124 valence electrons. The molecule has 1 aromatic carbocycles. The molecule has 0 unspecified atom stereocenters. The Hall–Kier alpha value is -2.74. The molecule has 0 saturated heterocycles. The zero-order chi connectivity index (χ0) is 16.8. The summed E-state index contributed by atoms with van der Waals surface area (Å²) in [6.45, 7) is 0.530. The Balaban J connectivity index is 1.52. The van der Waals surface area contributed by atoms with Crippen molar-refractivity contribution in [3.8, 4) is 17.1 Å². The van der Waals surface area contributed by atoms with Gasteiger partial charge in [-0.1, -0.05) is 5.16 Å². The van der Waals surface area contributed by atoms with Crippen molar-refractivity contribution in [3.05, 3.63) is 46.7 Å². The first-order valence-electron chi connectivity index (χ1n) is 7.35. The Bertz CT molecular complexity index is 784. The van der Waals surface area contributed by atoms with Crippen LogP contribution in [0.25, 0.3) is 11.4 Å². The Morgan fingerprint density at radius 2 is 2.17 bits per heavy atom. The van der Waals surface area contributed by atoms with Crippen LogP contribution in [0, 0.1) is 0 Å². The molecule has 1 amide bonds. The van der Waals surface area contributed by atoms with Gasteiger partial charge in [-0.3, -0.25) is 4.79 Å². The number of aromatic nitrogens is 3. The second kappa shape index (κ2) is 7.69. The van der Waals surface area contributed by atoms with Crippen LogP contribution >= 0.6 is 11.3 Å². The first-order chi connectivity index (χ1) is 11.7. The lowest BCUT2D eigenvalue weighted by Crippen LogP contribution is -2.27. The SMILES string of the molecule is COc1ccc(-c2noc(CC(=O)NCCc3cscn3)n2)cc1. The van der Waals surface area contributed by atoms with E-state index in [1.807, 2.05) is 29.6 Å². The molecular formula is C16H16N4O3S. The molecule has 7 nitrogen and oxygen atoms in total. The van der Waals surface area contributed by atoms with Crippen LogP contribution in [0.5, 0.6) is 5.75 Å². The van der Waals surface area contributed by atoms with Gasteiger partial charge >= 0.3 is 0 Å². The summed E-state index contributed by atoms with van der Waals surface area (Å²) in [5.41, 5.74) is 3.55. The van der Waals surface area contributed by atoms with Crippen LogP contribution in [0.4, 0.5) is 0 Å². The van der Waals surface area contributed by atoms with Crippen LogP contribution in [0.1, 0.15) is 11.6 Å². The minimum absolute atomic E-state index is 0.0558. The third kappa shape index (κ3) is 4.17. The molecule has 0 spiro atoms. The third-order valence-electron chi connectivity index (χ3n) is 3.31. The topological polar surface area (TPSA) is 90.1 Å². The number of hydrogen-bond acceptors (Lipinski definition) is 7. The van der Waals surface area contributed by atoms with E-state index in [0.717, 1.165) is 17.0 Å². The van der Waals surface area contributed by atoms with Crippen LogP contribution in [0.15, 0.2) is 39.7 Å². The normalized spacial score (nSPS) is 10.5. The fraction of sp³-hybridized carbons (Fsp3) is 0.250. The van der Waals surface area contributed by atoms with Crippen molar-refractivity contribution in [1.82, 2.24) is 20.4 Å². The number of carbonyl (C=O) groups is 1. The number of nitrogens with one attached hydrogen (secondary N) is 1. The van der Waals surface area contributed by atoms with Gasteiger partial charge in [-0.25, -0.2) is 4.98 Å². The zero-order valence-electron chi connectivity index (χ0n) is 13.1. The predicted molar refractivity (Wildman–Crippen MR) is 88.8 cm³/mol. The Morgan fingerprint density at radius 1 is 1.33 bits per heavy atom. The molecule has 24 heavy (non-hydrogen) atoms. The Morgan fingerprint density at radius 3 is 2.88 bits per heavy atom. The van der Waals surface area contributed by atoms with E-state index in [9.17, 15) is 4.79 Å². The Kier molecular flexibility index (Phi) is 5.17. The lowest BCUT2D eigenvalue weighted by atomic mass is 10.2. The summed E-state index contributed by atoms with van der Waals surface area (Å²) in [5, 5.41) is 8.68. The van der Waals surface area contributed by atoms with Gasteiger partial charge in [0.05, 0.1) is 18.3 Å². The van der Waals surface area contributed by atoms with Gasteiger partial charge in [-0.05, 0) is 24.3 Å². The number of thiazole rings is 1. The summed E-state index contributed by atoms with van der Waals surface area (Å²) in [6.07, 6.45) is 0.760. The van der Waals surface area contributed by atoms with Gasteiger partial charge in [0.15, 0.2) is 0 Å². The first kappa shape index (κ1) is 16.1. The maximum absolute atomic E-state index is 11.9. The zero-order valence-corrected chi connectivity index (χ0v) is 13.9. The van der Waals surface area contributed by atoms with E-state index in [-0.39, 0.29) is 18.2 Å². The maximum Gasteiger partial charge on any atom is 0.236 e. The van der Waals surface area contributed by atoms with Crippen molar-refractivity contribution in [2.45, 2.75) is 12.8 Å². The van der Waals surface area contributed by atoms with Crippen LogP contribution in [-0.2, 0) is 17.6 Å². The molecule has 0 fully saturated rings. The molecule has 3 aromatic rings. The molecule has 0 atom stereocenters. The summed E-state index contributed by atoms with van der Waals surface area (Å²) in [4.78, 5) is 20.3. The highest BCUT2D eigenvalue weighted by Gasteiger charge is 2.12. The summed E-state index contributed by atoms with van der Waals surface area (Å²) < 4.78 is 10.2. The second-order valence-corrected chi connectivity index (χ2v) is 5.72. The van der Waals surface area contributed by atoms with Crippen LogP contribution in [-0.4, -0.2) is 34.7 Å². The highest BCUT2D eigenvalue weighted by molar-refractivity contribution is 7.07. The van der Waals surface area contributed by atoms with Gasteiger partial charge < -0.3 is 14.6 Å². The largest absolute Gasteiger partial charge is 0.497 e. The minimum Gasteiger partial charge on any atom is -0.497 e. The van der Waals surface area contributed by atoms with Crippen molar-refractivity contribution in [1.29, 1.82) is 0 Å². The van der Waals surface area contributed by atoms with E-state index in [4.69, 9.17) is 9.26 Å². The molecule has 3 rings (SSSR count). The molecular weight excluding hydrogens is 328 g/mol. The Labute approximate surface area is 142 Å². The van der Waals surface area contributed by atoms with E-state index in [2.05, 4.69) is 20.4 Å². The summed E-state index contributed by atoms with van der Waals surface area (Å²) >= 11 is 1.54. The van der Waals surface area contributed by atoms with E-state index in [1.165, 1.54) is 11.3 Å². The molecule has 0 bridgehead atoms. The number of methoxy groups -OCH3 is 1. The number of amides is 1. The van der Waals surface area contributed by atoms with Gasteiger partial charge in [-0.2, -0.15) is 4.98 Å². The fourth-order valence-electron chi connectivity index (χ4n) is 2.07. The molecule has 0 radical (unpaired) electrons. The molecule has 0 saturated carbocycles. The van der Waals surface area contributed by atoms with Crippen LogP contribution in [0.2, 0.25) is 0 Å². The quantitative estimate of drug-likeness (QED) is 0.706. The first-order valence-corrected chi connectivity index (χ1v) is 8.29. The summed E-state index contributed by atoms with van der Waals surface area (Å²) in [6, 6.07) is 7.30. The molecule has 0 aliphatic heterocycles. The molecule has 2 aromatic heterocycles. The minimum atomic E-state index is -0.157. The van der Waals surface area contributed by atoms with Gasteiger partial charge in [-0.15, -0.1) is 11.3 Å². The van der Waals surface area contributed by atoms with Crippen LogP contribution < -0.4 is 10.1 Å². The van der Waals surface area contributed by atoms with Crippen molar-refractivity contribution in [2.75, 3.05) is 13.7 Å². The summed E-state index contributed by atoms with van der Waals surface area (Å²) in [5.74, 6) is 1.33. The monoisotopic (exact) mass is 344 g/mol. The van der Waals surface area contributed by atoms with Gasteiger partial charge in [0, 0.05) is 23.9 Å². The molecule has 0 aliphatic carbocycles. The number of ether oxygens (including phenoxy) is 1. The second-order valence-electron chi connectivity index (χ2n) is 5.00. The van der Waals surface area contributed by atoms with E-state index in [1.54, 1.807) is 12.6 Å². The smallest absolute Gasteiger partial charge is 0.236 e. The van der Waals surface area contributed by atoms with E-state index in [0.29, 0.717) is 18.8 Å². The molecule has 1 N–H and O–H groups in total. The van der Waals surface area contributed by atoms with Crippen molar-refractivity contribution < 1.29 is 14.1 Å². The third-order valence-corrected chi connectivity index (χ3v) is 3.95. The van der Waals surface area contributed by atoms with E-state index >= 15 is 0 Å². The van der Waals surface area contributed by atoms with E-state index < -0.39 is 0 Å². The van der Waals surface area contributed by atoms with Crippen molar-refractivity contribution >= 4 is 17.2 Å². The molecule has 8 heteroatoms. The molecule has 0 aliphatic rings. The lowest BCUT2D eigenvalue weighted by molar-refractivity contribution is -0.120. The maximum atomic E-state index is 11.9. The van der Waals surface area contributed by atoms with Gasteiger partial charge in [0.1, 0.15) is 12.2 Å². The highest BCUT2D eigenvalue weighted by Crippen LogP contribution is 2.19. The highest BCUT2D eigenvalue weighted by atomic mass is 32.1. The van der Waals surface area contributed by atoms with Gasteiger partial charge in [0.2, 0.25) is 17.6 Å². The molecule has 2 heterocycles. The van der Waals surface area contributed by atoms with Crippen LogP contribution in [0.3, 0.4) is 0 Å². The fourth-order valence-corrected chi connectivity index (χ4v) is 2.67. The average Bonchev–Trinajstić information content (AvgIpc) is 3.27. The number of benzene rings is 1.